The summed E-state index contributed by atoms with van der Waals surface area (Å²) in [5, 5.41) is 4.04. The van der Waals surface area contributed by atoms with Crippen molar-refractivity contribution in [2.45, 2.75) is 31.7 Å². The van der Waals surface area contributed by atoms with Crippen molar-refractivity contribution in [1.82, 2.24) is 20.2 Å². The van der Waals surface area contributed by atoms with Gasteiger partial charge in [-0.3, -0.25) is 16.0 Å². The molecule has 1 unspecified atom stereocenters. The first kappa shape index (κ1) is 9.61. The maximum atomic E-state index is 5.51. The van der Waals surface area contributed by atoms with Crippen molar-refractivity contribution in [3.8, 4) is 0 Å². The molecule has 1 atom stereocenters. The van der Waals surface area contributed by atoms with Gasteiger partial charge in [0, 0.05) is 19.5 Å². The highest BCUT2D eigenvalue weighted by Crippen LogP contribution is 2.33. The number of hydrazine groups is 1. The van der Waals surface area contributed by atoms with Gasteiger partial charge in [-0.1, -0.05) is 12.8 Å². The monoisotopic (exact) mass is 195 g/mol. The van der Waals surface area contributed by atoms with E-state index < -0.39 is 0 Å². The summed E-state index contributed by atoms with van der Waals surface area (Å²) in [5.41, 5.74) is 2.86. The lowest BCUT2D eigenvalue weighted by Crippen LogP contribution is -2.37. The Morgan fingerprint density at radius 2 is 2.50 bits per heavy atom. The predicted octanol–water partition coefficient (Wildman–Crippen LogP) is -0.0104. The van der Waals surface area contributed by atoms with E-state index in [1.165, 1.54) is 12.8 Å². The summed E-state index contributed by atoms with van der Waals surface area (Å²) < 4.78 is 1.80. The van der Waals surface area contributed by atoms with Gasteiger partial charge >= 0.3 is 0 Å². The summed E-state index contributed by atoms with van der Waals surface area (Å²) in [6, 6.07) is 0.338. The van der Waals surface area contributed by atoms with Crippen LogP contribution in [0.3, 0.4) is 0 Å². The minimum absolute atomic E-state index is 0.338. The van der Waals surface area contributed by atoms with E-state index >= 15 is 0 Å². The molecular weight excluding hydrogens is 178 g/mol. The van der Waals surface area contributed by atoms with E-state index in [2.05, 4.69) is 15.5 Å². The molecular formula is C9H17N5. The zero-order valence-electron chi connectivity index (χ0n) is 8.48. The zero-order chi connectivity index (χ0) is 9.97. The van der Waals surface area contributed by atoms with E-state index in [1.54, 1.807) is 11.0 Å². The number of aryl methyl sites for hydroxylation is 1. The first-order chi connectivity index (χ1) is 6.79. The van der Waals surface area contributed by atoms with Crippen LogP contribution in [0.1, 0.15) is 25.1 Å². The Morgan fingerprint density at radius 1 is 1.71 bits per heavy atom. The molecule has 0 bridgehead atoms. The highest BCUT2D eigenvalue weighted by molar-refractivity contribution is 4.90. The van der Waals surface area contributed by atoms with Crippen LogP contribution in [0.25, 0.3) is 0 Å². The second-order valence-electron chi connectivity index (χ2n) is 4.05. The van der Waals surface area contributed by atoms with Gasteiger partial charge in [0.2, 0.25) is 0 Å². The number of hydrogen-bond acceptors (Lipinski definition) is 4. The van der Waals surface area contributed by atoms with Crippen molar-refractivity contribution >= 4 is 0 Å². The SMILES string of the molecule is Cn1ncnc1CC(CC1CC1)NN. The number of aromatic nitrogens is 3. The van der Waals surface area contributed by atoms with Crippen LogP contribution in [0.5, 0.6) is 0 Å². The molecule has 0 aliphatic heterocycles. The van der Waals surface area contributed by atoms with Gasteiger partial charge in [-0.25, -0.2) is 4.98 Å². The number of hydrogen-bond donors (Lipinski definition) is 2. The number of nitrogens with zero attached hydrogens (tertiary/aromatic N) is 3. The Hall–Kier alpha value is -0.940. The van der Waals surface area contributed by atoms with Crippen LogP contribution in [0.15, 0.2) is 6.33 Å². The first-order valence-electron chi connectivity index (χ1n) is 5.08. The summed E-state index contributed by atoms with van der Waals surface area (Å²) in [7, 11) is 1.91. The third kappa shape index (κ3) is 2.30. The van der Waals surface area contributed by atoms with Gasteiger partial charge < -0.3 is 0 Å². The molecule has 5 heteroatoms. The van der Waals surface area contributed by atoms with E-state index in [-0.39, 0.29) is 0 Å². The van der Waals surface area contributed by atoms with Gasteiger partial charge in [0.15, 0.2) is 0 Å². The lowest BCUT2D eigenvalue weighted by atomic mass is 10.1. The summed E-state index contributed by atoms with van der Waals surface area (Å²) in [6.45, 7) is 0. The maximum Gasteiger partial charge on any atom is 0.138 e. The lowest BCUT2D eigenvalue weighted by Gasteiger charge is -2.14. The summed E-state index contributed by atoms with van der Waals surface area (Å²) in [5.74, 6) is 7.38. The van der Waals surface area contributed by atoms with Crippen LogP contribution < -0.4 is 11.3 Å². The molecule has 1 aromatic heterocycles. The van der Waals surface area contributed by atoms with Crippen LogP contribution in [0.4, 0.5) is 0 Å². The molecule has 1 aliphatic carbocycles. The number of rotatable bonds is 5. The van der Waals surface area contributed by atoms with Gasteiger partial charge in [-0.05, 0) is 12.3 Å². The second-order valence-corrected chi connectivity index (χ2v) is 4.05. The minimum atomic E-state index is 0.338. The van der Waals surface area contributed by atoms with Crippen molar-refractivity contribution in [2.24, 2.45) is 18.8 Å². The molecule has 78 valence electrons. The molecule has 1 saturated carbocycles. The summed E-state index contributed by atoms with van der Waals surface area (Å²) >= 11 is 0. The van der Waals surface area contributed by atoms with Crippen LogP contribution in [-0.2, 0) is 13.5 Å². The standard InChI is InChI=1S/C9H17N5/c1-14-9(11-6-12-14)5-8(13-10)4-7-2-3-7/h6-8,13H,2-5,10H2,1H3. The van der Waals surface area contributed by atoms with Crippen molar-refractivity contribution < 1.29 is 0 Å². The van der Waals surface area contributed by atoms with Crippen LogP contribution >= 0.6 is 0 Å². The molecule has 0 saturated heterocycles. The first-order valence-corrected chi connectivity index (χ1v) is 5.08. The third-order valence-corrected chi connectivity index (χ3v) is 2.78. The van der Waals surface area contributed by atoms with E-state index in [9.17, 15) is 0 Å². The molecule has 1 aliphatic rings. The fourth-order valence-electron chi connectivity index (χ4n) is 1.69. The van der Waals surface area contributed by atoms with Gasteiger partial charge in [0.1, 0.15) is 12.2 Å². The van der Waals surface area contributed by atoms with Crippen molar-refractivity contribution in [2.75, 3.05) is 0 Å². The zero-order valence-corrected chi connectivity index (χ0v) is 8.48. The van der Waals surface area contributed by atoms with Crippen LogP contribution in [-0.4, -0.2) is 20.8 Å². The van der Waals surface area contributed by atoms with Gasteiger partial charge in [0.05, 0.1) is 0 Å². The molecule has 0 radical (unpaired) electrons. The van der Waals surface area contributed by atoms with Crippen molar-refractivity contribution in [3.63, 3.8) is 0 Å². The lowest BCUT2D eigenvalue weighted by molar-refractivity contribution is 0.450. The number of nitrogens with two attached hydrogens (primary N) is 1. The van der Waals surface area contributed by atoms with Gasteiger partial charge in [0.25, 0.3) is 0 Å². The topological polar surface area (TPSA) is 68.8 Å². The predicted molar refractivity (Wildman–Crippen MR) is 53.2 cm³/mol. The largest absolute Gasteiger partial charge is 0.271 e. The van der Waals surface area contributed by atoms with E-state index in [0.29, 0.717) is 6.04 Å². The molecule has 0 amide bonds. The molecule has 3 N–H and O–H groups in total. The minimum Gasteiger partial charge on any atom is -0.271 e. The smallest absolute Gasteiger partial charge is 0.138 e. The van der Waals surface area contributed by atoms with E-state index in [4.69, 9.17) is 5.84 Å². The Balaban J connectivity index is 1.89. The normalized spacial score (nSPS) is 18.4. The maximum absolute atomic E-state index is 5.51. The van der Waals surface area contributed by atoms with E-state index in [0.717, 1.165) is 24.6 Å². The highest BCUT2D eigenvalue weighted by Gasteiger charge is 2.25. The molecule has 1 fully saturated rings. The summed E-state index contributed by atoms with van der Waals surface area (Å²) in [4.78, 5) is 4.19. The van der Waals surface area contributed by atoms with Crippen LogP contribution in [0, 0.1) is 5.92 Å². The van der Waals surface area contributed by atoms with Gasteiger partial charge in [-0.2, -0.15) is 5.10 Å². The Labute approximate surface area is 83.7 Å². The molecule has 5 nitrogen and oxygen atoms in total. The van der Waals surface area contributed by atoms with E-state index in [1.807, 2.05) is 7.05 Å². The molecule has 2 rings (SSSR count). The second kappa shape index (κ2) is 4.06. The number of nitrogens with one attached hydrogen (secondary N) is 1. The van der Waals surface area contributed by atoms with Crippen molar-refractivity contribution in [1.29, 1.82) is 0 Å². The third-order valence-electron chi connectivity index (χ3n) is 2.78. The van der Waals surface area contributed by atoms with Crippen molar-refractivity contribution in [3.05, 3.63) is 12.2 Å². The Kier molecular flexibility index (Phi) is 2.79. The fourth-order valence-corrected chi connectivity index (χ4v) is 1.69. The molecule has 1 aromatic rings. The van der Waals surface area contributed by atoms with Crippen LogP contribution in [0.2, 0.25) is 0 Å². The quantitative estimate of drug-likeness (QED) is 0.512. The average molecular weight is 195 g/mol. The fraction of sp³-hybridized carbons (Fsp3) is 0.778. The Morgan fingerprint density at radius 3 is 3.00 bits per heavy atom. The molecule has 14 heavy (non-hydrogen) atoms. The Bertz CT molecular complexity index is 291. The average Bonchev–Trinajstić information content (AvgIpc) is 2.90. The molecule has 0 aromatic carbocycles. The molecule has 0 spiro atoms. The van der Waals surface area contributed by atoms with Gasteiger partial charge in [-0.15, -0.1) is 0 Å². The summed E-state index contributed by atoms with van der Waals surface area (Å²) in [6.07, 6.45) is 6.32. The highest BCUT2D eigenvalue weighted by atomic mass is 15.3. The molecule has 1 heterocycles.